The van der Waals surface area contributed by atoms with Gasteiger partial charge >= 0.3 is 0 Å². The summed E-state index contributed by atoms with van der Waals surface area (Å²) in [6, 6.07) is 0. The van der Waals surface area contributed by atoms with Crippen LogP contribution in [-0.2, 0) is 6.42 Å². The Morgan fingerprint density at radius 2 is 2.33 bits per heavy atom. The fourth-order valence-corrected chi connectivity index (χ4v) is 2.19. The molecule has 1 aromatic rings. The molecular formula is C11H14N2OS. The van der Waals surface area contributed by atoms with E-state index in [-0.39, 0.29) is 5.78 Å². The molecule has 2 rings (SSSR count). The highest BCUT2D eigenvalue weighted by molar-refractivity contribution is 7.98. The molecule has 0 fully saturated rings. The molecule has 80 valence electrons. The Hall–Kier alpha value is -0.900. The minimum atomic E-state index is 0.197. The molecule has 3 nitrogen and oxygen atoms in total. The lowest BCUT2D eigenvalue weighted by Crippen LogP contribution is -2.05. The highest BCUT2D eigenvalue weighted by Crippen LogP contribution is 2.23. The molecule has 1 aliphatic carbocycles. The van der Waals surface area contributed by atoms with Crippen molar-refractivity contribution >= 4 is 17.5 Å². The average Bonchev–Trinajstić information content (AvgIpc) is 2.38. The number of carbonyl (C=O) groups excluding carboxylic acids is 1. The summed E-state index contributed by atoms with van der Waals surface area (Å²) in [6.07, 6.45) is 6.22. The molecule has 1 heterocycles. The van der Waals surface area contributed by atoms with Gasteiger partial charge in [-0.05, 0) is 25.0 Å². The van der Waals surface area contributed by atoms with Gasteiger partial charge in [0.25, 0.3) is 0 Å². The number of ketones is 1. The molecule has 0 aromatic carbocycles. The van der Waals surface area contributed by atoms with Crippen molar-refractivity contribution in [2.75, 3.05) is 6.26 Å². The Balaban J connectivity index is 2.39. The Kier molecular flexibility index (Phi) is 3.05. The van der Waals surface area contributed by atoms with E-state index < -0.39 is 0 Å². The standard InChI is InChI=1S/C11H14N2OS/c1-7-3-4-9-8(10(14)5-7)6-12-11(13-9)15-2/h6-7H,3-5H2,1-2H3. The van der Waals surface area contributed by atoms with Crippen molar-refractivity contribution in [3.8, 4) is 0 Å². The number of carbonyl (C=O) groups is 1. The van der Waals surface area contributed by atoms with Crippen molar-refractivity contribution in [2.45, 2.75) is 31.3 Å². The highest BCUT2D eigenvalue weighted by atomic mass is 32.2. The fraction of sp³-hybridized carbons (Fsp3) is 0.545. The monoisotopic (exact) mass is 222 g/mol. The van der Waals surface area contributed by atoms with Gasteiger partial charge in [-0.2, -0.15) is 0 Å². The third kappa shape index (κ3) is 2.20. The van der Waals surface area contributed by atoms with Gasteiger partial charge in [-0.1, -0.05) is 18.7 Å². The number of Topliss-reactive ketones (excluding diaryl/α,β-unsaturated/α-hetero) is 1. The molecule has 4 heteroatoms. The maximum Gasteiger partial charge on any atom is 0.187 e. The van der Waals surface area contributed by atoms with E-state index in [9.17, 15) is 4.79 Å². The smallest absolute Gasteiger partial charge is 0.187 e. The number of thioether (sulfide) groups is 1. The summed E-state index contributed by atoms with van der Waals surface area (Å²) in [5.74, 6) is 0.659. The van der Waals surface area contributed by atoms with E-state index in [0.717, 1.165) is 29.3 Å². The molecular weight excluding hydrogens is 208 g/mol. The zero-order valence-electron chi connectivity index (χ0n) is 8.99. The van der Waals surface area contributed by atoms with Crippen LogP contribution in [0, 0.1) is 5.92 Å². The first kappa shape index (κ1) is 10.6. The Bertz CT molecular complexity index is 392. The lowest BCUT2D eigenvalue weighted by Gasteiger charge is -2.03. The quantitative estimate of drug-likeness (QED) is 0.415. The van der Waals surface area contributed by atoms with Crippen LogP contribution < -0.4 is 0 Å². The zero-order chi connectivity index (χ0) is 10.8. The Morgan fingerprint density at radius 1 is 1.53 bits per heavy atom. The van der Waals surface area contributed by atoms with E-state index >= 15 is 0 Å². The van der Waals surface area contributed by atoms with Crippen molar-refractivity contribution in [2.24, 2.45) is 5.92 Å². The number of aryl methyl sites for hydroxylation is 1. The number of fused-ring (bicyclic) bond motifs is 1. The molecule has 1 aromatic heterocycles. The van der Waals surface area contributed by atoms with E-state index in [2.05, 4.69) is 16.9 Å². The van der Waals surface area contributed by atoms with E-state index in [1.165, 1.54) is 11.8 Å². The van der Waals surface area contributed by atoms with Gasteiger partial charge < -0.3 is 0 Å². The van der Waals surface area contributed by atoms with E-state index in [0.29, 0.717) is 12.3 Å². The van der Waals surface area contributed by atoms with Gasteiger partial charge in [0.05, 0.1) is 11.3 Å². The second-order valence-electron chi connectivity index (χ2n) is 3.99. The van der Waals surface area contributed by atoms with Crippen LogP contribution in [0.1, 0.15) is 35.8 Å². The van der Waals surface area contributed by atoms with E-state index in [1.54, 1.807) is 6.20 Å². The predicted molar refractivity (Wildman–Crippen MR) is 60.2 cm³/mol. The average molecular weight is 222 g/mol. The SMILES string of the molecule is CSc1ncc2c(n1)CCC(C)CC2=O. The number of hydrogen-bond donors (Lipinski definition) is 0. The summed E-state index contributed by atoms with van der Waals surface area (Å²) in [5, 5.41) is 0.760. The van der Waals surface area contributed by atoms with Crippen LogP contribution in [0.3, 0.4) is 0 Å². The molecule has 1 aliphatic rings. The summed E-state index contributed by atoms with van der Waals surface area (Å²) < 4.78 is 0. The van der Waals surface area contributed by atoms with Gasteiger partial charge in [0.2, 0.25) is 0 Å². The van der Waals surface area contributed by atoms with Crippen molar-refractivity contribution in [3.05, 3.63) is 17.5 Å². The second kappa shape index (κ2) is 4.31. The first-order valence-electron chi connectivity index (χ1n) is 5.14. The third-order valence-corrected chi connectivity index (χ3v) is 3.30. The summed E-state index contributed by atoms with van der Waals surface area (Å²) in [4.78, 5) is 20.4. The van der Waals surface area contributed by atoms with Crippen LogP contribution in [0.5, 0.6) is 0 Å². The summed E-state index contributed by atoms with van der Waals surface area (Å²) in [7, 11) is 0. The number of hydrogen-bond acceptors (Lipinski definition) is 4. The molecule has 0 saturated heterocycles. The van der Waals surface area contributed by atoms with Crippen molar-refractivity contribution < 1.29 is 4.79 Å². The second-order valence-corrected chi connectivity index (χ2v) is 4.76. The van der Waals surface area contributed by atoms with Gasteiger partial charge in [0.15, 0.2) is 10.9 Å². The van der Waals surface area contributed by atoms with Crippen LogP contribution in [0.25, 0.3) is 0 Å². The van der Waals surface area contributed by atoms with Crippen LogP contribution in [0.15, 0.2) is 11.4 Å². The molecule has 0 amide bonds. The molecule has 0 spiro atoms. The maximum absolute atomic E-state index is 11.8. The molecule has 0 saturated carbocycles. The van der Waals surface area contributed by atoms with Crippen LogP contribution >= 0.6 is 11.8 Å². The Labute approximate surface area is 93.7 Å². The molecule has 0 N–H and O–H groups in total. The van der Waals surface area contributed by atoms with Crippen LogP contribution in [0.2, 0.25) is 0 Å². The van der Waals surface area contributed by atoms with Crippen molar-refractivity contribution in [1.29, 1.82) is 0 Å². The van der Waals surface area contributed by atoms with Gasteiger partial charge in [-0.3, -0.25) is 4.79 Å². The van der Waals surface area contributed by atoms with Gasteiger partial charge in [0.1, 0.15) is 0 Å². The zero-order valence-corrected chi connectivity index (χ0v) is 9.80. The lowest BCUT2D eigenvalue weighted by atomic mass is 10.0. The minimum Gasteiger partial charge on any atom is -0.294 e. The van der Waals surface area contributed by atoms with Gasteiger partial charge in [0, 0.05) is 12.6 Å². The molecule has 1 unspecified atom stereocenters. The van der Waals surface area contributed by atoms with E-state index in [1.807, 2.05) is 6.26 Å². The molecule has 0 aliphatic heterocycles. The predicted octanol–water partition coefficient (Wildman–Crippen LogP) is 2.35. The number of rotatable bonds is 1. The summed E-state index contributed by atoms with van der Waals surface area (Å²) in [5.41, 5.74) is 1.67. The third-order valence-electron chi connectivity index (χ3n) is 2.74. The summed E-state index contributed by atoms with van der Waals surface area (Å²) >= 11 is 1.52. The minimum absolute atomic E-state index is 0.197. The molecule has 0 bridgehead atoms. The fourth-order valence-electron chi connectivity index (χ4n) is 1.83. The number of aromatic nitrogens is 2. The van der Waals surface area contributed by atoms with Crippen LogP contribution in [-0.4, -0.2) is 22.0 Å². The largest absolute Gasteiger partial charge is 0.294 e. The molecule has 0 radical (unpaired) electrons. The van der Waals surface area contributed by atoms with Crippen LogP contribution in [0.4, 0.5) is 0 Å². The van der Waals surface area contributed by atoms with Crippen molar-refractivity contribution in [3.63, 3.8) is 0 Å². The Morgan fingerprint density at radius 3 is 3.07 bits per heavy atom. The molecule has 1 atom stereocenters. The van der Waals surface area contributed by atoms with Gasteiger partial charge in [-0.15, -0.1) is 0 Å². The number of nitrogens with zero attached hydrogens (tertiary/aromatic N) is 2. The molecule has 15 heavy (non-hydrogen) atoms. The topological polar surface area (TPSA) is 42.9 Å². The first-order valence-corrected chi connectivity index (χ1v) is 6.36. The van der Waals surface area contributed by atoms with Gasteiger partial charge in [-0.25, -0.2) is 9.97 Å². The van der Waals surface area contributed by atoms with E-state index in [4.69, 9.17) is 0 Å². The maximum atomic E-state index is 11.8. The van der Waals surface area contributed by atoms with Crippen molar-refractivity contribution in [1.82, 2.24) is 9.97 Å². The highest BCUT2D eigenvalue weighted by Gasteiger charge is 2.21. The summed E-state index contributed by atoms with van der Waals surface area (Å²) in [6.45, 7) is 2.12. The normalized spacial score (nSPS) is 20.9. The first-order chi connectivity index (χ1) is 7.20. The lowest BCUT2D eigenvalue weighted by molar-refractivity contribution is 0.0966.